The van der Waals surface area contributed by atoms with Crippen molar-refractivity contribution in [2.24, 2.45) is 7.05 Å². The normalized spacial score (nSPS) is 16.6. The molecule has 6 heteroatoms. The van der Waals surface area contributed by atoms with Crippen LogP contribution in [-0.2, 0) is 11.8 Å². The molecule has 1 aliphatic rings. The lowest BCUT2D eigenvalue weighted by Crippen LogP contribution is -2.24. The molecule has 0 bridgehead atoms. The van der Waals surface area contributed by atoms with E-state index in [-0.39, 0.29) is 24.3 Å². The maximum atomic E-state index is 12.0. The average molecular weight is 270 g/mol. The van der Waals surface area contributed by atoms with Gasteiger partial charge in [-0.3, -0.25) is 14.3 Å². The van der Waals surface area contributed by atoms with Gasteiger partial charge in [0.15, 0.2) is 5.82 Å². The van der Waals surface area contributed by atoms with Crippen LogP contribution in [0.1, 0.15) is 28.4 Å². The molecule has 2 N–H and O–H groups in total. The number of carbonyl (C=O) groups is 2. The predicted octanol–water partition coefficient (Wildman–Crippen LogP) is 1.23. The molecule has 0 radical (unpaired) electrons. The maximum Gasteiger partial charge on any atom is 0.252 e. The predicted molar refractivity (Wildman–Crippen MR) is 73.1 cm³/mol. The van der Waals surface area contributed by atoms with E-state index in [2.05, 4.69) is 15.7 Å². The summed E-state index contributed by atoms with van der Waals surface area (Å²) in [6.45, 7) is 0. The van der Waals surface area contributed by atoms with Crippen molar-refractivity contribution in [3.8, 4) is 0 Å². The van der Waals surface area contributed by atoms with Crippen molar-refractivity contribution < 1.29 is 9.59 Å². The lowest BCUT2D eigenvalue weighted by atomic mass is 10.0. The summed E-state index contributed by atoms with van der Waals surface area (Å²) >= 11 is 0. The number of hydrogen-bond donors (Lipinski definition) is 2. The highest BCUT2D eigenvalue weighted by molar-refractivity contribution is 6.00. The van der Waals surface area contributed by atoms with E-state index in [0.29, 0.717) is 11.4 Å². The molecule has 0 spiro atoms. The minimum absolute atomic E-state index is 0.128. The summed E-state index contributed by atoms with van der Waals surface area (Å²) in [6, 6.07) is 8.76. The van der Waals surface area contributed by atoms with Crippen molar-refractivity contribution in [2.75, 3.05) is 5.32 Å². The Labute approximate surface area is 115 Å². The van der Waals surface area contributed by atoms with Gasteiger partial charge in [0, 0.05) is 24.9 Å². The molecule has 6 nitrogen and oxygen atoms in total. The highest BCUT2D eigenvalue weighted by atomic mass is 16.2. The first-order valence-corrected chi connectivity index (χ1v) is 6.33. The second-order valence-corrected chi connectivity index (χ2v) is 4.74. The van der Waals surface area contributed by atoms with Gasteiger partial charge in [0.05, 0.1) is 12.5 Å². The SMILES string of the molecule is Cn1ccc(NC(=O)C[C@H]2NC(=O)c3ccccc32)n1. The molecule has 1 aromatic carbocycles. The van der Waals surface area contributed by atoms with E-state index in [1.165, 1.54) is 0 Å². The number of carbonyl (C=O) groups excluding carboxylic acids is 2. The van der Waals surface area contributed by atoms with Crippen LogP contribution in [0.5, 0.6) is 0 Å². The molecule has 0 aliphatic carbocycles. The second-order valence-electron chi connectivity index (χ2n) is 4.74. The van der Waals surface area contributed by atoms with Gasteiger partial charge in [0.25, 0.3) is 5.91 Å². The highest BCUT2D eigenvalue weighted by Crippen LogP contribution is 2.27. The zero-order valence-corrected chi connectivity index (χ0v) is 11.0. The van der Waals surface area contributed by atoms with Gasteiger partial charge in [-0.05, 0) is 11.6 Å². The molecule has 1 aliphatic heterocycles. The number of rotatable bonds is 3. The summed E-state index contributed by atoms with van der Waals surface area (Å²) in [6.07, 6.45) is 1.95. The molecular formula is C14H14N4O2. The minimum atomic E-state index is -0.276. The van der Waals surface area contributed by atoms with E-state index in [9.17, 15) is 9.59 Å². The molecule has 3 rings (SSSR count). The van der Waals surface area contributed by atoms with E-state index in [1.54, 1.807) is 30.1 Å². The van der Waals surface area contributed by atoms with Crippen molar-refractivity contribution in [1.82, 2.24) is 15.1 Å². The van der Waals surface area contributed by atoms with E-state index in [1.807, 2.05) is 18.2 Å². The number of hydrogen-bond acceptors (Lipinski definition) is 3. The van der Waals surface area contributed by atoms with Crippen molar-refractivity contribution in [2.45, 2.75) is 12.5 Å². The first kappa shape index (κ1) is 12.4. The van der Waals surface area contributed by atoms with E-state index < -0.39 is 0 Å². The molecule has 2 aromatic rings. The van der Waals surface area contributed by atoms with Crippen LogP contribution in [0.2, 0.25) is 0 Å². The fraction of sp³-hybridized carbons (Fsp3) is 0.214. The Bertz CT molecular complexity index is 677. The Morgan fingerprint density at radius 3 is 2.95 bits per heavy atom. The molecule has 102 valence electrons. The fourth-order valence-electron chi connectivity index (χ4n) is 2.34. The monoisotopic (exact) mass is 270 g/mol. The summed E-state index contributed by atoms with van der Waals surface area (Å²) in [7, 11) is 1.78. The van der Waals surface area contributed by atoms with Crippen LogP contribution in [0, 0.1) is 0 Å². The molecule has 1 aromatic heterocycles. The van der Waals surface area contributed by atoms with Gasteiger partial charge in [-0.15, -0.1) is 0 Å². The van der Waals surface area contributed by atoms with Crippen LogP contribution < -0.4 is 10.6 Å². The fourth-order valence-corrected chi connectivity index (χ4v) is 2.34. The van der Waals surface area contributed by atoms with Gasteiger partial charge in [0.2, 0.25) is 5.91 Å². The summed E-state index contributed by atoms with van der Waals surface area (Å²) in [5, 5.41) is 9.61. The van der Waals surface area contributed by atoms with Gasteiger partial charge in [-0.1, -0.05) is 18.2 Å². The first-order valence-electron chi connectivity index (χ1n) is 6.33. The third-order valence-corrected chi connectivity index (χ3v) is 3.26. The van der Waals surface area contributed by atoms with Gasteiger partial charge in [-0.2, -0.15) is 5.10 Å². The smallest absolute Gasteiger partial charge is 0.252 e. The number of nitrogens with zero attached hydrogens (tertiary/aromatic N) is 2. The van der Waals surface area contributed by atoms with Crippen molar-refractivity contribution in [1.29, 1.82) is 0 Å². The largest absolute Gasteiger partial charge is 0.345 e. The van der Waals surface area contributed by atoms with Gasteiger partial charge in [-0.25, -0.2) is 0 Å². The average Bonchev–Trinajstić information content (AvgIpc) is 2.95. The van der Waals surface area contributed by atoms with Crippen LogP contribution in [0.25, 0.3) is 0 Å². The third-order valence-electron chi connectivity index (χ3n) is 3.26. The molecule has 1 atom stereocenters. The zero-order chi connectivity index (χ0) is 14.1. The van der Waals surface area contributed by atoms with Crippen molar-refractivity contribution in [3.05, 3.63) is 47.7 Å². The summed E-state index contributed by atoms with van der Waals surface area (Å²) in [5.41, 5.74) is 1.51. The number of aryl methyl sites for hydroxylation is 1. The standard InChI is InChI=1S/C14H14N4O2/c1-18-7-6-12(17-18)16-13(19)8-11-9-4-2-3-5-10(9)14(20)15-11/h2-7,11H,8H2,1H3,(H,15,20)(H,16,17,19)/t11-/m1/s1. The Kier molecular flexibility index (Phi) is 2.98. The van der Waals surface area contributed by atoms with Gasteiger partial charge in [0.1, 0.15) is 0 Å². The molecule has 0 saturated heterocycles. The van der Waals surface area contributed by atoms with Crippen LogP contribution in [0.3, 0.4) is 0 Å². The van der Waals surface area contributed by atoms with E-state index in [4.69, 9.17) is 0 Å². The molecule has 0 saturated carbocycles. The maximum absolute atomic E-state index is 12.0. The van der Waals surface area contributed by atoms with Crippen LogP contribution in [-0.4, -0.2) is 21.6 Å². The molecule has 2 heterocycles. The minimum Gasteiger partial charge on any atom is -0.345 e. The van der Waals surface area contributed by atoms with Gasteiger partial charge < -0.3 is 10.6 Å². The van der Waals surface area contributed by atoms with Crippen LogP contribution >= 0.6 is 0 Å². The quantitative estimate of drug-likeness (QED) is 0.880. The molecule has 0 unspecified atom stereocenters. The summed E-state index contributed by atoms with van der Waals surface area (Å²) in [4.78, 5) is 23.7. The topological polar surface area (TPSA) is 76.0 Å². The first-order chi connectivity index (χ1) is 9.63. The molecular weight excluding hydrogens is 256 g/mol. The Hall–Kier alpha value is -2.63. The van der Waals surface area contributed by atoms with E-state index >= 15 is 0 Å². The number of anilines is 1. The Morgan fingerprint density at radius 1 is 1.40 bits per heavy atom. The van der Waals surface area contributed by atoms with E-state index in [0.717, 1.165) is 5.56 Å². The lowest BCUT2D eigenvalue weighted by Gasteiger charge is -2.10. The van der Waals surface area contributed by atoms with Gasteiger partial charge >= 0.3 is 0 Å². The molecule has 0 fully saturated rings. The number of fused-ring (bicyclic) bond motifs is 1. The summed E-state index contributed by atoms with van der Waals surface area (Å²) < 4.78 is 1.61. The summed E-state index contributed by atoms with van der Waals surface area (Å²) in [5.74, 6) is 0.206. The molecule has 20 heavy (non-hydrogen) atoms. The number of benzene rings is 1. The van der Waals surface area contributed by atoms with Crippen LogP contribution in [0.15, 0.2) is 36.5 Å². The third kappa shape index (κ3) is 2.27. The second kappa shape index (κ2) is 4.80. The lowest BCUT2D eigenvalue weighted by molar-refractivity contribution is -0.116. The molecule has 2 amide bonds. The number of amides is 2. The number of nitrogens with one attached hydrogen (secondary N) is 2. The van der Waals surface area contributed by atoms with Crippen molar-refractivity contribution >= 4 is 17.6 Å². The van der Waals surface area contributed by atoms with Crippen molar-refractivity contribution in [3.63, 3.8) is 0 Å². The number of aromatic nitrogens is 2. The van der Waals surface area contributed by atoms with Crippen LogP contribution in [0.4, 0.5) is 5.82 Å². The Morgan fingerprint density at radius 2 is 2.20 bits per heavy atom. The zero-order valence-electron chi connectivity index (χ0n) is 11.0. The Balaban J connectivity index is 1.70. The highest BCUT2D eigenvalue weighted by Gasteiger charge is 2.29.